The molecule has 4 rings (SSSR count). The van der Waals surface area contributed by atoms with Crippen LogP contribution in [0.3, 0.4) is 0 Å². The lowest BCUT2D eigenvalue weighted by atomic mass is 9.90. The van der Waals surface area contributed by atoms with E-state index in [1.165, 1.54) is 22.3 Å². The van der Waals surface area contributed by atoms with Crippen LogP contribution in [-0.4, -0.2) is 17.2 Å². The number of anilines is 1. The fourth-order valence-electron chi connectivity index (χ4n) is 3.87. The third kappa shape index (κ3) is 3.79. The van der Waals surface area contributed by atoms with Gasteiger partial charge in [0.15, 0.2) is 0 Å². The van der Waals surface area contributed by atoms with E-state index in [1.54, 1.807) is 0 Å². The number of hydrogen-bond acceptors (Lipinski definition) is 2. The van der Waals surface area contributed by atoms with Crippen molar-refractivity contribution in [1.82, 2.24) is 4.98 Å². The van der Waals surface area contributed by atoms with Crippen molar-refractivity contribution in [3.63, 3.8) is 0 Å². The quantitative estimate of drug-likeness (QED) is 0.490. The Kier molecular flexibility index (Phi) is 5.28. The standard InChI is InChI=1S/C27H27N3/c1-17-9-8-11-23(13-17)30-21(5)25-14-22(16-28-25)20(4)26-19(3)15-29-27(26)24-12-7-6-10-18(24)2/h6-14,16,28,30H,4-5,15H2,1-3H3. The van der Waals surface area contributed by atoms with Crippen LogP contribution in [0.15, 0.2) is 90.1 Å². The lowest BCUT2D eigenvalue weighted by Crippen LogP contribution is -2.06. The number of aliphatic imine (C=N–C) groups is 1. The van der Waals surface area contributed by atoms with Crippen LogP contribution in [0.5, 0.6) is 0 Å². The molecule has 1 aromatic heterocycles. The fraction of sp³-hybridized carbons (Fsp3) is 0.148. The maximum Gasteiger partial charge on any atom is 0.0731 e. The number of aryl methyl sites for hydroxylation is 2. The molecule has 0 saturated heterocycles. The van der Waals surface area contributed by atoms with Crippen molar-refractivity contribution in [2.24, 2.45) is 4.99 Å². The molecule has 2 N–H and O–H groups in total. The van der Waals surface area contributed by atoms with Crippen molar-refractivity contribution in [1.29, 1.82) is 0 Å². The third-order valence-electron chi connectivity index (χ3n) is 5.51. The van der Waals surface area contributed by atoms with E-state index in [0.717, 1.165) is 46.0 Å². The van der Waals surface area contributed by atoms with Gasteiger partial charge in [0.05, 0.1) is 23.6 Å². The smallest absolute Gasteiger partial charge is 0.0731 e. The summed E-state index contributed by atoms with van der Waals surface area (Å²) >= 11 is 0. The summed E-state index contributed by atoms with van der Waals surface area (Å²) in [5.41, 5.74) is 11.9. The summed E-state index contributed by atoms with van der Waals surface area (Å²) in [4.78, 5) is 8.16. The van der Waals surface area contributed by atoms with Gasteiger partial charge in [0, 0.05) is 23.0 Å². The molecule has 0 aliphatic carbocycles. The Morgan fingerprint density at radius 1 is 1.00 bits per heavy atom. The summed E-state index contributed by atoms with van der Waals surface area (Å²) in [5, 5.41) is 3.38. The molecular weight excluding hydrogens is 366 g/mol. The molecule has 0 amide bonds. The molecule has 3 aromatic rings. The number of rotatable bonds is 6. The van der Waals surface area contributed by atoms with E-state index in [-0.39, 0.29) is 0 Å². The molecule has 2 aromatic carbocycles. The van der Waals surface area contributed by atoms with Crippen molar-refractivity contribution in [2.45, 2.75) is 20.8 Å². The Labute approximate surface area is 178 Å². The van der Waals surface area contributed by atoms with Gasteiger partial charge in [-0.15, -0.1) is 0 Å². The maximum absolute atomic E-state index is 4.82. The monoisotopic (exact) mass is 393 g/mol. The number of nitrogens with zero attached hydrogens (tertiary/aromatic N) is 1. The molecule has 1 aliphatic heterocycles. The van der Waals surface area contributed by atoms with Gasteiger partial charge in [-0.1, -0.05) is 49.6 Å². The highest BCUT2D eigenvalue weighted by atomic mass is 14.9. The van der Waals surface area contributed by atoms with Crippen LogP contribution in [-0.2, 0) is 0 Å². The second-order valence-corrected chi connectivity index (χ2v) is 7.89. The third-order valence-corrected chi connectivity index (χ3v) is 5.51. The molecule has 0 radical (unpaired) electrons. The molecule has 2 heterocycles. The van der Waals surface area contributed by atoms with Crippen LogP contribution in [0.25, 0.3) is 11.3 Å². The summed E-state index contributed by atoms with van der Waals surface area (Å²) in [6.45, 7) is 15.7. The first-order valence-electron chi connectivity index (χ1n) is 10.2. The van der Waals surface area contributed by atoms with Crippen LogP contribution in [0, 0.1) is 13.8 Å². The molecule has 0 unspecified atom stereocenters. The van der Waals surface area contributed by atoms with Gasteiger partial charge in [-0.3, -0.25) is 4.99 Å². The minimum absolute atomic E-state index is 0.719. The fourth-order valence-corrected chi connectivity index (χ4v) is 3.87. The van der Waals surface area contributed by atoms with E-state index >= 15 is 0 Å². The van der Waals surface area contributed by atoms with Gasteiger partial charge in [0.1, 0.15) is 0 Å². The number of benzene rings is 2. The zero-order chi connectivity index (χ0) is 21.3. The second kappa shape index (κ2) is 8.03. The summed E-state index contributed by atoms with van der Waals surface area (Å²) in [6.07, 6.45) is 1.99. The molecule has 30 heavy (non-hydrogen) atoms. The second-order valence-electron chi connectivity index (χ2n) is 7.89. The molecule has 3 heteroatoms. The molecule has 0 saturated carbocycles. The minimum atomic E-state index is 0.719. The molecule has 3 nitrogen and oxygen atoms in total. The molecule has 0 bridgehead atoms. The Morgan fingerprint density at radius 3 is 2.57 bits per heavy atom. The lowest BCUT2D eigenvalue weighted by Gasteiger charge is -2.13. The van der Waals surface area contributed by atoms with Gasteiger partial charge in [-0.2, -0.15) is 0 Å². The zero-order valence-corrected chi connectivity index (χ0v) is 17.8. The summed E-state index contributed by atoms with van der Waals surface area (Å²) < 4.78 is 0. The first-order chi connectivity index (χ1) is 14.4. The summed E-state index contributed by atoms with van der Waals surface area (Å²) in [7, 11) is 0. The van der Waals surface area contributed by atoms with Gasteiger partial charge in [-0.25, -0.2) is 0 Å². The molecule has 150 valence electrons. The average molecular weight is 394 g/mol. The van der Waals surface area contributed by atoms with E-state index < -0.39 is 0 Å². The van der Waals surface area contributed by atoms with Crippen LogP contribution >= 0.6 is 0 Å². The Bertz CT molecular complexity index is 1200. The van der Waals surface area contributed by atoms with Gasteiger partial charge in [0.2, 0.25) is 0 Å². The molecule has 0 fully saturated rings. The highest BCUT2D eigenvalue weighted by Crippen LogP contribution is 2.33. The number of nitrogens with one attached hydrogen (secondary N) is 2. The first-order valence-corrected chi connectivity index (χ1v) is 10.2. The van der Waals surface area contributed by atoms with Crippen molar-refractivity contribution >= 4 is 22.7 Å². The van der Waals surface area contributed by atoms with E-state index in [0.29, 0.717) is 0 Å². The zero-order valence-electron chi connectivity index (χ0n) is 17.8. The Morgan fingerprint density at radius 2 is 1.80 bits per heavy atom. The Balaban J connectivity index is 1.58. The number of aromatic amines is 1. The summed E-state index contributed by atoms with van der Waals surface area (Å²) in [5.74, 6) is 0. The van der Waals surface area contributed by atoms with Crippen LogP contribution in [0.1, 0.15) is 34.9 Å². The lowest BCUT2D eigenvalue weighted by molar-refractivity contribution is 1.17. The summed E-state index contributed by atoms with van der Waals surface area (Å²) in [6, 6.07) is 18.7. The SMILES string of the molecule is C=C(C1=C(C)CN=C1c1ccccc1C)c1c[nH]c(C(=C)Nc2cccc(C)c2)c1. The minimum Gasteiger partial charge on any atom is -0.359 e. The van der Waals surface area contributed by atoms with Gasteiger partial charge < -0.3 is 10.3 Å². The molecule has 0 spiro atoms. The van der Waals surface area contributed by atoms with E-state index in [1.807, 2.05) is 18.3 Å². The number of H-pyrrole nitrogens is 1. The predicted molar refractivity (Wildman–Crippen MR) is 129 cm³/mol. The molecule has 0 atom stereocenters. The average Bonchev–Trinajstić information content (AvgIpc) is 3.35. The van der Waals surface area contributed by atoms with Crippen LogP contribution < -0.4 is 5.32 Å². The normalized spacial score (nSPS) is 13.4. The van der Waals surface area contributed by atoms with E-state index in [4.69, 9.17) is 4.99 Å². The van der Waals surface area contributed by atoms with Crippen molar-refractivity contribution < 1.29 is 0 Å². The van der Waals surface area contributed by atoms with Gasteiger partial charge >= 0.3 is 0 Å². The van der Waals surface area contributed by atoms with Gasteiger partial charge in [0.25, 0.3) is 0 Å². The van der Waals surface area contributed by atoms with Crippen molar-refractivity contribution in [3.05, 3.63) is 113 Å². The van der Waals surface area contributed by atoms with E-state index in [9.17, 15) is 0 Å². The number of aromatic nitrogens is 1. The van der Waals surface area contributed by atoms with Crippen molar-refractivity contribution in [2.75, 3.05) is 11.9 Å². The van der Waals surface area contributed by atoms with Crippen molar-refractivity contribution in [3.8, 4) is 0 Å². The Hall–Kier alpha value is -3.59. The number of allylic oxidation sites excluding steroid dienone is 2. The number of hydrogen-bond donors (Lipinski definition) is 2. The first kappa shape index (κ1) is 19.7. The predicted octanol–water partition coefficient (Wildman–Crippen LogP) is 6.55. The van der Waals surface area contributed by atoms with E-state index in [2.05, 4.69) is 86.7 Å². The highest BCUT2D eigenvalue weighted by Gasteiger charge is 2.23. The van der Waals surface area contributed by atoms with Crippen LogP contribution in [0.4, 0.5) is 5.69 Å². The van der Waals surface area contributed by atoms with Gasteiger partial charge in [-0.05, 0) is 66.8 Å². The maximum atomic E-state index is 4.82. The largest absolute Gasteiger partial charge is 0.359 e. The van der Waals surface area contributed by atoms with Crippen LogP contribution in [0.2, 0.25) is 0 Å². The highest BCUT2D eigenvalue weighted by molar-refractivity contribution is 6.23. The topological polar surface area (TPSA) is 40.2 Å². The molecule has 1 aliphatic rings. The molecular formula is C27H27N3.